The van der Waals surface area contributed by atoms with Crippen LogP contribution in [0.5, 0.6) is 0 Å². The van der Waals surface area contributed by atoms with E-state index in [0.29, 0.717) is 11.3 Å². The van der Waals surface area contributed by atoms with E-state index in [4.69, 9.17) is 11.1 Å². The van der Waals surface area contributed by atoms with Gasteiger partial charge in [-0.1, -0.05) is 0 Å². The summed E-state index contributed by atoms with van der Waals surface area (Å²) in [6.07, 6.45) is 1.03. The number of carbonyl (C=O) groups is 1. The van der Waals surface area contributed by atoms with Crippen LogP contribution in [-0.4, -0.2) is 19.2 Å². The molecule has 14 heavy (non-hydrogen) atoms. The van der Waals surface area contributed by atoms with Crippen LogP contribution in [0.4, 0.5) is 10.1 Å². The molecule has 0 bridgehead atoms. The van der Waals surface area contributed by atoms with Gasteiger partial charge in [0.05, 0.1) is 5.56 Å². The number of anilines is 1. The van der Waals surface area contributed by atoms with Crippen molar-refractivity contribution in [1.82, 2.24) is 0 Å². The Kier molecular flexibility index (Phi) is 2.81. The van der Waals surface area contributed by atoms with Crippen LogP contribution in [-0.2, 0) is 0 Å². The molecule has 5 heteroatoms. The highest BCUT2D eigenvalue weighted by molar-refractivity contribution is 5.97. The zero-order chi connectivity index (χ0) is 10.7. The molecule has 1 amide bonds. The summed E-state index contributed by atoms with van der Waals surface area (Å²) in [5, 5.41) is 9.77. The molecular formula is C9H10FN3O. The van der Waals surface area contributed by atoms with Crippen LogP contribution in [0.1, 0.15) is 15.9 Å². The lowest BCUT2D eigenvalue weighted by Crippen LogP contribution is -2.14. The highest BCUT2D eigenvalue weighted by Crippen LogP contribution is 2.18. The van der Waals surface area contributed by atoms with Crippen molar-refractivity contribution in [2.24, 2.45) is 5.73 Å². The van der Waals surface area contributed by atoms with Gasteiger partial charge in [-0.25, -0.2) is 4.39 Å². The first kappa shape index (κ1) is 10.2. The Hall–Kier alpha value is -1.91. The van der Waals surface area contributed by atoms with Gasteiger partial charge in [-0.05, 0) is 12.1 Å². The number of nitrogens with two attached hydrogens (primary N) is 1. The molecule has 1 aromatic carbocycles. The Labute approximate surface area is 80.4 Å². The predicted molar refractivity (Wildman–Crippen MR) is 52.4 cm³/mol. The zero-order valence-electron chi connectivity index (χ0n) is 7.60. The van der Waals surface area contributed by atoms with E-state index in [9.17, 15) is 9.18 Å². The van der Waals surface area contributed by atoms with E-state index < -0.39 is 11.7 Å². The molecule has 0 unspecified atom stereocenters. The molecular weight excluding hydrogens is 185 g/mol. The number of hydrogen-bond acceptors (Lipinski definition) is 3. The normalized spacial score (nSPS) is 9.57. The average molecular weight is 195 g/mol. The molecule has 0 saturated carbocycles. The number of rotatable bonds is 3. The van der Waals surface area contributed by atoms with Crippen molar-refractivity contribution in [2.45, 2.75) is 0 Å². The molecule has 0 aliphatic carbocycles. The van der Waals surface area contributed by atoms with Crippen molar-refractivity contribution in [2.75, 3.05) is 12.4 Å². The highest BCUT2D eigenvalue weighted by atomic mass is 19.1. The second-order valence-electron chi connectivity index (χ2n) is 2.68. The van der Waals surface area contributed by atoms with Gasteiger partial charge in [-0.2, -0.15) is 0 Å². The van der Waals surface area contributed by atoms with Gasteiger partial charge in [0.15, 0.2) is 0 Å². The van der Waals surface area contributed by atoms with E-state index in [2.05, 4.69) is 5.32 Å². The fraction of sp³-hybridized carbons (Fsp3) is 0.111. The van der Waals surface area contributed by atoms with Gasteiger partial charge in [0.25, 0.3) is 5.91 Å². The maximum atomic E-state index is 13.2. The van der Waals surface area contributed by atoms with Gasteiger partial charge in [0.1, 0.15) is 5.82 Å². The monoisotopic (exact) mass is 195 g/mol. The molecule has 1 rings (SSSR count). The molecule has 0 aliphatic rings. The van der Waals surface area contributed by atoms with Crippen molar-refractivity contribution < 1.29 is 9.18 Å². The van der Waals surface area contributed by atoms with Crippen LogP contribution >= 0.6 is 0 Å². The van der Waals surface area contributed by atoms with E-state index in [1.807, 2.05) is 0 Å². The Balaban J connectivity index is 3.37. The Morgan fingerprint density at radius 3 is 2.71 bits per heavy atom. The van der Waals surface area contributed by atoms with Crippen LogP contribution in [0.2, 0.25) is 0 Å². The number of hydrogen-bond donors (Lipinski definition) is 3. The van der Waals surface area contributed by atoms with Crippen LogP contribution < -0.4 is 11.1 Å². The highest BCUT2D eigenvalue weighted by Gasteiger charge is 2.11. The number of amides is 1. The summed E-state index contributed by atoms with van der Waals surface area (Å²) in [5.41, 5.74) is 5.62. The third-order valence-corrected chi connectivity index (χ3v) is 1.83. The minimum atomic E-state index is -0.840. The third-order valence-electron chi connectivity index (χ3n) is 1.83. The lowest BCUT2D eigenvalue weighted by Gasteiger charge is -2.07. The first-order chi connectivity index (χ1) is 6.60. The minimum Gasteiger partial charge on any atom is -0.388 e. The molecule has 74 valence electrons. The van der Waals surface area contributed by atoms with E-state index in [1.165, 1.54) is 6.07 Å². The Morgan fingerprint density at radius 2 is 2.29 bits per heavy atom. The van der Waals surface area contributed by atoms with Crippen LogP contribution in [0.15, 0.2) is 12.1 Å². The van der Waals surface area contributed by atoms with Crippen molar-refractivity contribution in [1.29, 1.82) is 5.41 Å². The average Bonchev–Trinajstić information content (AvgIpc) is 2.16. The second-order valence-corrected chi connectivity index (χ2v) is 2.68. The van der Waals surface area contributed by atoms with Gasteiger partial charge in [0, 0.05) is 24.5 Å². The molecule has 4 N–H and O–H groups in total. The summed E-state index contributed by atoms with van der Waals surface area (Å²) in [7, 11) is 1.60. The molecule has 4 nitrogen and oxygen atoms in total. The number of carbonyl (C=O) groups excluding carboxylic acids is 1. The maximum Gasteiger partial charge on any atom is 0.251 e. The third kappa shape index (κ3) is 1.71. The van der Waals surface area contributed by atoms with E-state index in [1.54, 1.807) is 7.05 Å². The van der Waals surface area contributed by atoms with E-state index in [0.717, 1.165) is 12.3 Å². The van der Waals surface area contributed by atoms with Gasteiger partial charge >= 0.3 is 0 Å². The van der Waals surface area contributed by atoms with Gasteiger partial charge in [-0.15, -0.1) is 0 Å². The number of primary amides is 1. The molecule has 0 saturated heterocycles. The van der Waals surface area contributed by atoms with E-state index in [-0.39, 0.29) is 5.56 Å². The number of nitrogens with one attached hydrogen (secondary N) is 2. The second kappa shape index (κ2) is 3.87. The minimum absolute atomic E-state index is 0.206. The maximum absolute atomic E-state index is 13.2. The number of halogens is 1. The van der Waals surface area contributed by atoms with Crippen molar-refractivity contribution in [3.05, 3.63) is 29.1 Å². The molecule has 0 aromatic heterocycles. The lowest BCUT2D eigenvalue weighted by atomic mass is 10.1. The molecule has 0 heterocycles. The molecule has 0 radical (unpaired) electrons. The first-order valence-corrected chi connectivity index (χ1v) is 3.91. The Morgan fingerprint density at radius 1 is 1.64 bits per heavy atom. The van der Waals surface area contributed by atoms with Crippen molar-refractivity contribution >= 4 is 17.8 Å². The van der Waals surface area contributed by atoms with Gasteiger partial charge in [0.2, 0.25) is 0 Å². The topological polar surface area (TPSA) is 79.0 Å². The van der Waals surface area contributed by atoms with Gasteiger partial charge in [-0.3, -0.25) is 4.79 Å². The van der Waals surface area contributed by atoms with Crippen molar-refractivity contribution in [3.8, 4) is 0 Å². The molecule has 1 aromatic rings. The van der Waals surface area contributed by atoms with Crippen LogP contribution in [0.3, 0.4) is 0 Å². The zero-order valence-corrected chi connectivity index (χ0v) is 7.60. The summed E-state index contributed by atoms with van der Waals surface area (Å²) >= 11 is 0. The Bertz CT molecular complexity index is 390. The first-order valence-electron chi connectivity index (χ1n) is 3.91. The summed E-state index contributed by atoms with van der Waals surface area (Å²) in [4.78, 5) is 10.8. The van der Waals surface area contributed by atoms with Crippen molar-refractivity contribution in [3.63, 3.8) is 0 Å². The summed E-state index contributed by atoms with van der Waals surface area (Å²) < 4.78 is 13.2. The summed E-state index contributed by atoms with van der Waals surface area (Å²) in [6.45, 7) is 0. The molecule has 0 aliphatic heterocycles. The standard InChI is InChI=1S/C9H10FN3O/c1-13-8-3-7(10)6(9(12)14)2-5(8)4-11/h2-4,11,13H,1H3,(H2,12,14). The largest absolute Gasteiger partial charge is 0.388 e. The van der Waals surface area contributed by atoms with Crippen LogP contribution in [0, 0.1) is 11.2 Å². The lowest BCUT2D eigenvalue weighted by molar-refractivity contribution is 0.0996. The fourth-order valence-corrected chi connectivity index (χ4v) is 1.11. The van der Waals surface area contributed by atoms with Crippen LogP contribution in [0.25, 0.3) is 0 Å². The summed E-state index contributed by atoms with van der Waals surface area (Å²) in [6, 6.07) is 2.39. The fourth-order valence-electron chi connectivity index (χ4n) is 1.11. The summed E-state index contributed by atoms with van der Waals surface area (Å²) in [5.74, 6) is -1.53. The van der Waals surface area contributed by atoms with E-state index >= 15 is 0 Å². The molecule has 0 fully saturated rings. The smallest absolute Gasteiger partial charge is 0.251 e. The quantitative estimate of drug-likeness (QED) is 0.628. The molecule has 0 atom stereocenters. The van der Waals surface area contributed by atoms with Gasteiger partial charge < -0.3 is 16.5 Å². The molecule has 0 spiro atoms. The predicted octanol–water partition coefficient (Wildman–Crippen LogP) is 0.964. The SMILES string of the molecule is CNc1cc(F)c(C(N)=O)cc1C=N. The number of benzene rings is 1.